The van der Waals surface area contributed by atoms with E-state index in [4.69, 9.17) is 0 Å². The van der Waals surface area contributed by atoms with E-state index < -0.39 is 6.10 Å². The maximum Gasteiger partial charge on any atom is 0.0905 e. The summed E-state index contributed by atoms with van der Waals surface area (Å²) >= 11 is 0. The van der Waals surface area contributed by atoms with Crippen LogP contribution in [-0.2, 0) is 5.11 Å². The Morgan fingerprint density at radius 3 is 2.40 bits per heavy atom. The van der Waals surface area contributed by atoms with Gasteiger partial charge < -0.3 is 0 Å². The van der Waals surface area contributed by atoms with Gasteiger partial charge in [-0.2, -0.15) is 0 Å². The third-order valence-corrected chi connectivity index (χ3v) is 1.36. The van der Waals surface area contributed by atoms with Gasteiger partial charge in [-0.1, -0.05) is 25.5 Å². The van der Waals surface area contributed by atoms with E-state index in [2.05, 4.69) is 19.1 Å². The number of hydrogen-bond acceptors (Lipinski definition) is 0. The first kappa shape index (κ1) is 9.70. The molecule has 0 bridgehead atoms. The lowest BCUT2D eigenvalue weighted by molar-refractivity contribution is 0.0986. The van der Waals surface area contributed by atoms with Crippen molar-refractivity contribution in [2.24, 2.45) is 0 Å². The first-order valence-electron chi connectivity index (χ1n) is 4.08. The van der Waals surface area contributed by atoms with E-state index in [9.17, 15) is 5.11 Å². The largest absolute Gasteiger partial charge is 0.233 e. The predicted octanol–water partition coefficient (Wildman–Crippen LogP) is 2.94. The molecule has 0 aromatic rings. The fourth-order valence-corrected chi connectivity index (χ4v) is 0.733. The summed E-state index contributed by atoms with van der Waals surface area (Å²) in [6.45, 7) is 3.87. The summed E-state index contributed by atoms with van der Waals surface area (Å²) in [5.41, 5.74) is 0. The third kappa shape index (κ3) is 7.70. The Labute approximate surface area is 63.8 Å². The maximum absolute atomic E-state index is 10.5. The van der Waals surface area contributed by atoms with Crippen molar-refractivity contribution in [3.05, 3.63) is 12.2 Å². The number of allylic oxidation sites excluding steroid dienone is 2. The van der Waals surface area contributed by atoms with Crippen LogP contribution in [0.5, 0.6) is 0 Å². The molecule has 1 nitrogen and oxygen atoms in total. The summed E-state index contributed by atoms with van der Waals surface area (Å²) in [4.78, 5) is 0. The fourth-order valence-electron chi connectivity index (χ4n) is 0.733. The summed E-state index contributed by atoms with van der Waals surface area (Å²) in [5.74, 6) is 0. The number of hydrogen-bond donors (Lipinski definition) is 0. The van der Waals surface area contributed by atoms with E-state index in [1.54, 1.807) is 6.92 Å². The molecule has 1 unspecified atom stereocenters. The molecular weight excluding hydrogens is 124 g/mol. The van der Waals surface area contributed by atoms with Gasteiger partial charge in [0.15, 0.2) is 0 Å². The van der Waals surface area contributed by atoms with Crippen LogP contribution in [0.1, 0.15) is 39.5 Å². The molecule has 59 valence electrons. The van der Waals surface area contributed by atoms with Crippen LogP contribution in [0.4, 0.5) is 0 Å². The van der Waals surface area contributed by atoms with Crippen LogP contribution in [0, 0.1) is 0 Å². The molecule has 0 aliphatic carbocycles. The summed E-state index contributed by atoms with van der Waals surface area (Å²) < 4.78 is 0. The van der Waals surface area contributed by atoms with Crippen LogP contribution < -0.4 is 0 Å². The van der Waals surface area contributed by atoms with Crippen LogP contribution in [0.2, 0.25) is 0 Å². The van der Waals surface area contributed by atoms with Crippen molar-refractivity contribution in [1.82, 2.24) is 0 Å². The highest BCUT2D eigenvalue weighted by Gasteiger charge is 1.92. The van der Waals surface area contributed by atoms with Gasteiger partial charge in [0.05, 0.1) is 6.10 Å². The van der Waals surface area contributed by atoms with Gasteiger partial charge in [-0.25, -0.2) is 5.11 Å². The average molecular weight is 141 g/mol. The molecule has 0 saturated carbocycles. The lowest BCUT2D eigenvalue weighted by Crippen LogP contribution is -1.94. The molecule has 10 heavy (non-hydrogen) atoms. The van der Waals surface area contributed by atoms with Crippen LogP contribution in [0.25, 0.3) is 0 Å². The molecule has 0 aliphatic heterocycles. The molecule has 1 atom stereocenters. The average Bonchev–Trinajstić information content (AvgIpc) is 1.87. The molecule has 0 N–H and O–H groups in total. The van der Waals surface area contributed by atoms with Gasteiger partial charge in [-0.05, 0) is 26.2 Å². The monoisotopic (exact) mass is 141 g/mol. The highest BCUT2D eigenvalue weighted by molar-refractivity contribution is 4.81. The van der Waals surface area contributed by atoms with Crippen LogP contribution in [0.15, 0.2) is 12.2 Å². The van der Waals surface area contributed by atoms with Crippen LogP contribution in [0.3, 0.4) is 0 Å². The molecule has 1 radical (unpaired) electrons. The second kappa shape index (κ2) is 6.81. The SMILES string of the molecule is CCCC=CCCC(C)[O]. The van der Waals surface area contributed by atoms with Gasteiger partial charge in [0.2, 0.25) is 0 Å². The van der Waals surface area contributed by atoms with Crippen LogP contribution in [-0.4, -0.2) is 6.10 Å². The van der Waals surface area contributed by atoms with Gasteiger partial charge in [-0.15, -0.1) is 0 Å². The summed E-state index contributed by atoms with van der Waals surface area (Å²) in [5, 5.41) is 10.5. The van der Waals surface area contributed by atoms with Crippen molar-refractivity contribution in [3.8, 4) is 0 Å². The Balaban J connectivity index is 3.02. The summed E-state index contributed by atoms with van der Waals surface area (Å²) in [7, 11) is 0. The Bertz CT molecular complexity index is 84.7. The molecule has 0 fully saturated rings. The first-order chi connectivity index (χ1) is 4.77. The lowest BCUT2D eigenvalue weighted by atomic mass is 10.2. The molecule has 1 heteroatoms. The van der Waals surface area contributed by atoms with E-state index in [0.717, 1.165) is 19.3 Å². The van der Waals surface area contributed by atoms with Crippen molar-refractivity contribution in [3.63, 3.8) is 0 Å². The predicted molar refractivity (Wildman–Crippen MR) is 43.4 cm³/mol. The molecule has 0 aromatic carbocycles. The van der Waals surface area contributed by atoms with Crippen molar-refractivity contribution >= 4 is 0 Å². The number of unbranched alkanes of at least 4 members (excludes halogenated alkanes) is 1. The highest BCUT2D eigenvalue weighted by atomic mass is 16.3. The minimum absolute atomic E-state index is 0.397. The highest BCUT2D eigenvalue weighted by Crippen LogP contribution is 1.98. The first-order valence-corrected chi connectivity index (χ1v) is 4.08. The van der Waals surface area contributed by atoms with E-state index >= 15 is 0 Å². The van der Waals surface area contributed by atoms with Crippen molar-refractivity contribution in [2.75, 3.05) is 0 Å². The maximum atomic E-state index is 10.5. The summed E-state index contributed by atoms with van der Waals surface area (Å²) in [6.07, 6.45) is 7.94. The molecule has 0 rings (SSSR count). The van der Waals surface area contributed by atoms with Gasteiger partial charge in [-0.3, -0.25) is 0 Å². The summed E-state index contributed by atoms with van der Waals surface area (Å²) in [6, 6.07) is 0. The number of rotatable bonds is 5. The van der Waals surface area contributed by atoms with Gasteiger partial charge in [0.1, 0.15) is 0 Å². The van der Waals surface area contributed by atoms with Gasteiger partial charge in [0.25, 0.3) is 0 Å². The minimum Gasteiger partial charge on any atom is -0.233 e. The Hall–Kier alpha value is -0.300. The normalized spacial score (nSPS) is 14.3. The molecule has 0 aromatic heterocycles. The third-order valence-electron chi connectivity index (χ3n) is 1.36. The Morgan fingerprint density at radius 2 is 1.90 bits per heavy atom. The Kier molecular flexibility index (Phi) is 6.61. The lowest BCUT2D eigenvalue weighted by Gasteiger charge is -1.94. The Morgan fingerprint density at radius 1 is 1.30 bits per heavy atom. The van der Waals surface area contributed by atoms with Gasteiger partial charge in [0, 0.05) is 0 Å². The van der Waals surface area contributed by atoms with Crippen molar-refractivity contribution in [1.29, 1.82) is 0 Å². The van der Waals surface area contributed by atoms with E-state index in [1.165, 1.54) is 6.42 Å². The fraction of sp³-hybridized carbons (Fsp3) is 0.778. The second-order valence-electron chi connectivity index (χ2n) is 2.65. The topological polar surface area (TPSA) is 19.9 Å². The molecule has 0 amide bonds. The van der Waals surface area contributed by atoms with E-state index in [0.29, 0.717) is 0 Å². The van der Waals surface area contributed by atoms with Crippen molar-refractivity contribution in [2.45, 2.75) is 45.6 Å². The van der Waals surface area contributed by atoms with Crippen molar-refractivity contribution < 1.29 is 5.11 Å². The molecule has 0 aliphatic rings. The smallest absolute Gasteiger partial charge is 0.0905 e. The standard InChI is InChI=1S/C9H17O/c1-3-4-5-6-7-8-9(2)10/h5-6,9H,3-4,7-8H2,1-2H3. The van der Waals surface area contributed by atoms with Crippen LogP contribution >= 0.6 is 0 Å². The molecular formula is C9H17O. The molecule has 0 heterocycles. The van der Waals surface area contributed by atoms with E-state index in [1.807, 2.05) is 0 Å². The molecule has 0 spiro atoms. The zero-order valence-electron chi connectivity index (χ0n) is 6.97. The minimum atomic E-state index is -0.397. The molecule has 0 saturated heterocycles. The second-order valence-corrected chi connectivity index (χ2v) is 2.65. The zero-order valence-corrected chi connectivity index (χ0v) is 6.97. The van der Waals surface area contributed by atoms with Gasteiger partial charge >= 0.3 is 0 Å². The zero-order chi connectivity index (χ0) is 7.82. The quantitative estimate of drug-likeness (QED) is 0.524. The van der Waals surface area contributed by atoms with E-state index in [-0.39, 0.29) is 0 Å².